The van der Waals surface area contributed by atoms with Gasteiger partial charge in [0.1, 0.15) is 10.3 Å². The highest BCUT2D eigenvalue weighted by Gasteiger charge is 2.18. The predicted octanol–water partition coefficient (Wildman–Crippen LogP) is 2.12. The second-order valence-corrected chi connectivity index (χ2v) is 5.21. The predicted molar refractivity (Wildman–Crippen MR) is 92.2 cm³/mol. The monoisotopic (exact) mass is 384 g/mol. The topological polar surface area (TPSA) is 118 Å². The number of imide groups is 1. The number of hydrogen-bond donors (Lipinski definition) is 1. The van der Waals surface area contributed by atoms with Gasteiger partial charge in [0.25, 0.3) is 0 Å². The molecule has 0 unspecified atom stereocenters. The zero-order valence-corrected chi connectivity index (χ0v) is 15.0. The van der Waals surface area contributed by atoms with Gasteiger partial charge in [-0.2, -0.15) is 0 Å². The normalized spacial score (nSPS) is 9.48. The summed E-state index contributed by atoms with van der Waals surface area (Å²) in [5.41, 5.74) is 0. The van der Waals surface area contributed by atoms with Crippen LogP contribution in [-0.2, 0) is 14.4 Å². The summed E-state index contributed by atoms with van der Waals surface area (Å²) in [6.07, 6.45) is 2.85. The van der Waals surface area contributed by atoms with Crippen molar-refractivity contribution in [1.82, 2.24) is 19.9 Å². The molecule has 0 atom stereocenters. The number of nitrogens with zero attached hydrogens (tertiary/aromatic N) is 5. The van der Waals surface area contributed by atoms with Crippen LogP contribution < -0.4 is 10.2 Å². The maximum atomic E-state index is 11.1. The van der Waals surface area contributed by atoms with E-state index < -0.39 is 11.8 Å². The molecule has 2 rings (SSSR count). The summed E-state index contributed by atoms with van der Waals surface area (Å²) in [4.78, 5) is 48.5. The van der Waals surface area contributed by atoms with E-state index in [1.165, 1.54) is 45.3 Å². The molecule has 2 heterocycles. The van der Waals surface area contributed by atoms with Gasteiger partial charge in [-0.05, 0) is 12.1 Å². The minimum atomic E-state index is -0.445. The molecule has 0 aliphatic rings. The summed E-state index contributed by atoms with van der Waals surface area (Å²) >= 11 is 11.1. The number of nitrogens with one attached hydrogen (secondary N) is 1. The molecule has 2 aromatic rings. The standard InChI is InChI=1S/C8H8ClN3O2.C6H6ClN3O/c1-5(13)12(6(2)14)8-10-4-3-7(9)11-8;1-4(11)9-6-8-3-2-5(7)10-6/h3-4H,1-2H3;2-3H,1H3,(H,8,9,10,11). The average Bonchev–Trinajstić information content (AvgIpc) is 2.46. The van der Waals surface area contributed by atoms with Crippen molar-refractivity contribution in [3.8, 4) is 0 Å². The van der Waals surface area contributed by atoms with Crippen LogP contribution in [0.3, 0.4) is 0 Å². The van der Waals surface area contributed by atoms with Gasteiger partial charge in [-0.25, -0.2) is 24.8 Å². The number of carbonyl (C=O) groups is 3. The van der Waals surface area contributed by atoms with Gasteiger partial charge in [-0.1, -0.05) is 23.2 Å². The molecule has 0 fully saturated rings. The number of amides is 3. The van der Waals surface area contributed by atoms with Crippen LogP contribution in [0.2, 0.25) is 10.3 Å². The molecule has 0 aliphatic carbocycles. The summed E-state index contributed by atoms with van der Waals surface area (Å²) in [5, 5.41) is 2.89. The number of anilines is 2. The SMILES string of the molecule is CC(=O)N(C(C)=O)c1nccc(Cl)n1.CC(=O)Nc1nccc(Cl)n1. The van der Waals surface area contributed by atoms with Crippen molar-refractivity contribution in [3.05, 3.63) is 34.8 Å². The maximum Gasteiger partial charge on any atom is 0.240 e. The third kappa shape index (κ3) is 7.19. The lowest BCUT2D eigenvalue weighted by Crippen LogP contribution is -2.34. The lowest BCUT2D eigenvalue weighted by molar-refractivity contribution is -0.124. The summed E-state index contributed by atoms with van der Waals surface area (Å²) in [5.74, 6) is -0.880. The molecule has 0 saturated heterocycles. The van der Waals surface area contributed by atoms with E-state index in [2.05, 4.69) is 25.3 Å². The van der Waals surface area contributed by atoms with Crippen molar-refractivity contribution < 1.29 is 14.4 Å². The van der Waals surface area contributed by atoms with Crippen LogP contribution in [0.5, 0.6) is 0 Å². The highest BCUT2D eigenvalue weighted by atomic mass is 35.5. The van der Waals surface area contributed by atoms with Crippen molar-refractivity contribution >= 4 is 52.8 Å². The van der Waals surface area contributed by atoms with Gasteiger partial charge in [0.15, 0.2) is 0 Å². The molecule has 9 nitrogen and oxygen atoms in total. The Balaban J connectivity index is 0.000000257. The Labute approximate surface area is 153 Å². The first-order valence-electron chi connectivity index (χ1n) is 6.76. The minimum Gasteiger partial charge on any atom is -0.295 e. The largest absolute Gasteiger partial charge is 0.295 e. The van der Waals surface area contributed by atoms with Crippen LogP contribution in [0.15, 0.2) is 24.5 Å². The molecular weight excluding hydrogens is 371 g/mol. The van der Waals surface area contributed by atoms with Crippen LogP contribution in [0.1, 0.15) is 20.8 Å². The van der Waals surface area contributed by atoms with Gasteiger partial charge in [-0.3, -0.25) is 19.7 Å². The Morgan fingerprint density at radius 2 is 1.44 bits per heavy atom. The van der Waals surface area contributed by atoms with Crippen LogP contribution in [0.25, 0.3) is 0 Å². The van der Waals surface area contributed by atoms with E-state index in [-0.39, 0.29) is 23.0 Å². The fraction of sp³-hybridized carbons (Fsp3) is 0.214. The Kier molecular flexibility index (Phi) is 7.83. The van der Waals surface area contributed by atoms with Crippen LogP contribution in [-0.4, -0.2) is 37.7 Å². The molecule has 0 saturated carbocycles. The number of aromatic nitrogens is 4. The van der Waals surface area contributed by atoms with Gasteiger partial charge < -0.3 is 0 Å². The third-order valence-corrected chi connectivity index (χ3v) is 2.77. The van der Waals surface area contributed by atoms with Crippen molar-refractivity contribution in [1.29, 1.82) is 0 Å². The van der Waals surface area contributed by atoms with Crippen LogP contribution in [0, 0.1) is 0 Å². The summed E-state index contributed by atoms with van der Waals surface area (Å²) in [7, 11) is 0. The summed E-state index contributed by atoms with van der Waals surface area (Å²) < 4.78 is 0. The fourth-order valence-electron chi connectivity index (χ4n) is 1.49. The molecule has 0 aliphatic heterocycles. The molecule has 11 heteroatoms. The first-order chi connectivity index (χ1) is 11.7. The fourth-order valence-corrected chi connectivity index (χ4v) is 1.76. The van der Waals surface area contributed by atoms with E-state index in [4.69, 9.17) is 23.2 Å². The van der Waals surface area contributed by atoms with Crippen LogP contribution >= 0.6 is 23.2 Å². The maximum absolute atomic E-state index is 11.1. The number of rotatable bonds is 2. The molecule has 0 radical (unpaired) electrons. The number of hydrogen-bond acceptors (Lipinski definition) is 7. The van der Waals surface area contributed by atoms with E-state index in [9.17, 15) is 14.4 Å². The average molecular weight is 385 g/mol. The first kappa shape index (κ1) is 20.4. The molecule has 132 valence electrons. The molecule has 0 spiro atoms. The van der Waals surface area contributed by atoms with Gasteiger partial charge in [0.2, 0.25) is 29.6 Å². The highest BCUT2D eigenvalue weighted by molar-refractivity contribution is 6.29. The minimum absolute atomic E-state index is 0.00231. The molecule has 1 N–H and O–H groups in total. The Bertz CT molecular complexity index is 773. The molecule has 0 bridgehead atoms. The van der Waals surface area contributed by atoms with Crippen molar-refractivity contribution in [2.24, 2.45) is 0 Å². The third-order valence-electron chi connectivity index (χ3n) is 2.35. The summed E-state index contributed by atoms with van der Waals surface area (Å²) in [6, 6.07) is 3.00. The van der Waals surface area contributed by atoms with E-state index in [1.807, 2.05) is 0 Å². The zero-order valence-electron chi connectivity index (χ0n) is 13.5. The van der Waals surface area contributed by atoms with E-state index in [0.717, 1.165) is 4.90 Å². The van der Waals surface area contributed by atoms with E-state index >= 15 is 0 Å². The molecule has 25 heavy (non-hydrogen) atoms. The van der Waals surface area contributed by atoms with Crippen molar-refractivity contribution in [3.63, 3.8) is 0 Å². The molecule has 2 aromatic heterocycles. The van der Waals surface area contributed by atoms with Gasteiger partial charge in [0, 0.05) is 33.2 Å². The highest BCUT2D eigenvalue weighted by Crippen LogP contribution is 2.11. The lowest BCUT2D eigenvalue weighted by Gasteiger charge is -2.13. The van der Waals surface area contributed by atoms with Crippen molar-refractivity contribution in [2.45, 2.75) is 20.8 Å². The van der Waals surface area contributed by atoms with Crippen molar-refractivity contribution in [2.75, 3.05) is 10.2 Å². The Morgan fingerprint density at radius 3 is 1.88 bits per heavy atom. The second kappa shape index (κ2) is 9.60. The second-order valence-electron chi connectivity index (χ2n) is 4.44. The van der Waals surface area contributed by atoms with Gasteiger partial charge in [0.05, 0.1) is 0 Å². The summed E-state index contributed by atoms with van der Waals surface area (Å²) in [6.45, 7) is 3.89. The van der Waals surface area contributed by atoms with E-state index in [0.29, 0.717) is 5.15 Å². The van der Waals surface area contributed by atoms with E-state index in [1.54, 1.807) is 0 Å². The molecule has 0 aromatic carbocycles. The van der Waals surface area contributed by atoms with Crippen LogP contribution in [0.4, 0.5) is 11.9 Å². The smallest absolute Gasteiger partial charge is 0.240 e. The Hall–Kier alpha value is -2.65. The zero-order chi connectivity index (χ0) is 19.0. The first-order valence-corrected chi connectivity index (χ1v) is 7.52. The van der Waals surface area contributed by atoms with Gasteiger partial charge >= 0.3 is 0 Å². The Morgan fingerprint density at radius 1 is 0.920 bits per heavy atom. The molecular formula is C14H14Cl2N6O3. The molecule has 3 amide bonds. The number of carbonyl (C=O) groups excluding carboxylic acids is 3. The quantitative estimate of drug-likeness (QED) is 0.787. The number of halogens is 2. The lowest BCUT2D eigenvalue weighted by atomic mass is 10.5. The van der Waals surface area contributed by atoms with Gasteiger partial charge in [-0.15, -0.1) is 0 Å².